The van der Waals surface area contributed by atoms with Crippen LogP contribution < -0.4 is 0 Å². The van der Waals surface area contributed by atoms with Crippen LogP contribution in [0.1, 0.15) is 271 Å². The zero-order valence-corrected chi connectivity index (χ0v) is 44.3. The van der Waals surface area contributed by atoms with Gasteiger partial charge in [0.15, 0.2) is 0 Å². The van der Waals surface area contributed by atoms with Crippen molar-refractivity contribution in [2.75, 3.05) is 26.4 Å². The molecule has 0 heterocycles. The number of carbonyl (C=O) groups excluding carboxylic acids is 2. The Hall–Kier alpha value is -1.81. The highest BCUT2D eigenvalue weighted by atomic mass is 31.2. The molecule has 0 aromatic carbocycles. The molecule has 0 aliphatic carbocycles. The summed E-state index contributed by atoms with van der Waals surface area (Å²) in [5.74, 6) is -1.01. The van der Waals surface area contributed by atoms with Gasteiger partial charge in [-0.05, 0) is 70.6 Å². The summed E-state index contributed by atoms with van der Waals surface area (Å²) in [6, 6.07) is 0. The molecular weight excluding hydrogens is 864 g/mol. The van der Waals surface area contributed by atoms with Crippen molar-refractivity contribution in [2.45, 2.75) is 283 Å². The van der Waals surface area contributed by atoms with E-state index in [0.717, 1.165) is 51.4 Å². The van der Waals surface area contributed by atoms with Crippen LogP contribution in [0.15, 0.2) is 36.5 Å². The Bertz CT molecular complexity index is 1210. The SMILES string of the molecule is CCCCCCC/C=C\C/C=C\CCCCCCCCCCCC(=O)OC(CO)COP(=O)(O)OCC(CO)OC(=O)CCCCCCCCCCCCC/C=C\CCCCCCCCCC. The molecule has 0 saturated heterocycles. The van der Waals surface area contributed by atoms with Crippen LogP contribution in [-0.4, -0.2) is 65.7 Å². The van der Waals surface area contributed by atoms with Crippen molar-refractivity contribution in [3.63, 3.8) is 0 Å². The van der Waals surface area contributed by atoms with E-state index in [1.54, 1.807) is 0 Å². The molecule has 0 rings (SSSR count). The summed E-state index contributed by atoms with van der Waals surface area (Å²) in [5, 5.41) is 19.3. The number of phosphoric ester groups is 1. The summed E-state index contributed by atoms with van der Waals surface area (Å²) in [5.41, 5.74) is 0. The van der Waals surface area contributed by atoms with E-state index in [1.165, 1.54) is 180 Å². The number of hydrogen-bond donors (Lipinski definition) is 3. The highest BCUT2D eigenvalue weighted by molar-refractivity contribution is 7.47. The first-order valence-corrected chi connectivity index (χ1v) is 29.4. The average molecular weight is 969 g/mol. The summed E-state index contributed by atoms with van der Waals surface area (Å²) < 4.78 is 32.8. The summed E-state index contributed by atoms with van der Waals surface area (Å²) in [6.07, 6.45) is 58.4. The van der Waals surface area contributed by atoms with Crippen molar-refractivity contribution < 1.29 is 47.8 Å². The average Bonchev–Trinajstić information content (AvgIpc) is 3.32. The Morgan fingerprint density at radius 1 is 0.403 bits per heavy atom. The Kier molecular flexibility index (Phi) is 50.6. The summed E-state index contributed by atoms with van der Waals surface area (Å²) in [7, 11) is -4.65. The Balaban J connectivity index is 3.79. The lowest BCUT2D eigenvalue weighted by Gasteiger charge is -2.20. The fourth-order valence-corrected chi connectivity index (χ4v) is 8.81. The first-order valence-electron chi connectivity index (χ1n) is 27.9. The fourth-order valence-electron chi connectivity index (χ4n) is 8.03. The highest BCUT2D eigenvalue weighted by Gasteiger charge is 2.27. The number of aliphatic hydroxyl groups is 2. The fraction of sp³-hybridized carbons (Fsp3) is 0.857. The number of allylic oxidation sites excluding steroid dienone is 6. The molecule has 0 saturated carbocycles. The number of aliphatic hydroxyl groups excluding tert-OH is 2. The second kappa shape index (κ2) is 52.0. The lowest BCUT2D eigenvalue weighted by molar-refractivity contribution is -0.153. The summed E-state index contributed by atoms with van der Waals surface area (Å²) in [4.78, 5) is 34.8. The molecule has 0 amide bonds. The monoisotopic (exact) mass is 969 g/mol. The van der Waals surface area contributed by atoms with Gasteiger partial charge < -0.3 is 24.6 Å². The van der Waals surface area contributed by atoms with E-state index in [0.29, 0.717) is 12.8 Å². The Morgan fingerprint density at radius 2 is 0.657 bits per heavy atom. The molecule has 0 radical (unpaired) electrons. The maximum absolute atomic E-state index is 12.4. The van der Waals surface area contributed by atoms with Crippen LogP contribution in [0.3, 0.4) is 0 Å². The van der Waals surface area contributed by atoms with E-state index in [-0.39, 0.29) is 12.8 Å². The summed E-state index contributed by atoms with van der Waals surface area (Å²) in [6.45, 7) is 2.25. The van der Waals surface area contributed by atoms with E-state index >= 15 is 0 Å². The van der Waals surface area contributed by atoms with Gasteiger partial charge in [-0.1, -0.05) is 224 Å². The van der Waals surface area contributed by atoms with Crippen LogP contribution in [0, 0.1) is 0 Å². The molecule has 0 fully saturated rings. The van der Waals surface area contributed by atoms with E-state index < -0.39 is 58.4 Å². The zero-order valence-electron chi connectivity index (χ0n) is 43.4. The number of ether oxygens (including phenoxy) is 2. The van der Waals surface area contributed by atoms with Crippen molar-refractivity contribution in [1.29, 1.82) is 0 Å². The van der Waals surface area contributed by atoms with Crippen molar-refractivity contribution >= 4 is 19.8 Å². The number of phosphoric acid groups is 1. The van der Waals surface area contributed by atoms with Crippen molar-refractivity contribution in [2.24, 2.45) is 0 Å². The quantitative estimate of drug-likeness (QED) is 0.0233. The van der Waals surface area contributed by atoms with Gasteiger partial charge in [0.2, 0.25) is 0 Å². The molecule has 3 N–H and O–H groups in total. The van der Waals surface area contributed by atoms with Crippen LogP contribution >= 0.6 is 7.82 Å². The topological polar surface area (TPSA) is 149 Å². The predicted octanol–water partition coefficient (Wildman–Crippen LogP) is 16.2. The van der Waals surface area contributed by atoms with E-state index in [4.69, 9.17) is 18.5 Å². The predicted molar refractivity (Wildman–Crippen MR) is 279 cm³/mol. The number of esters is 2. The number of unbranched alkanes of at least 4 members (excludes halogenated alkanes) is 33. The van der Waals surface area contributed by atoms with Gasteiger partial charge in [0.1, 0.15) is 12.2 Å². The zero-order chi connectivity index (χ0) is 49.0. The van der Waals surface area contributed by atoms with Gasteiger partial charge in [0.25, 0.3) is 0 Å². The van der Waals surface area contributed by atoms with Crippen LogP contribution in [0.25, 0.3) is 0 Å². The van der Waals surface area contributed by atoms with Crippen LogP contribution in [-0.2, 0) is 32.7 Å². The first kappa shape index (κ1) is 65.2. The van der Waals surface area contributed by atoms with Gasteiger partial charge in [-0.3, -0.25) is 18.6 Å². The van der Waals surface area contributed by atoms with E-state index in [2.05, 4.69) is 50.3 Å². The normalized spacial score (nSPS) is 13.8. The lowest BCUT2D eigenvalue weighted by Crippen LogP contribution is -2.28. The van der Waals surface area contributed by atoms with Gasteiger partial charge in [0.05, 0.1) is 26.4 Å². The maximum Gasteiger partial charge on any atom is 0.472 e. The maximum atomic E-state index is 12.4. The molecule has 11 heteroatoms. The minimum absolute atomic E-state index is 0.188. The number of rotatable bonds is 53. The number of carbonyl (C=O) groups is 2. The smallest absolute Gasteiger partial charge is 0.457 e. The van der Waals surface area contributed by atoms with E-state index in [1.807, 2.05) is 0 Å². The van der Waals surface area contributed by atoms with Crippen molar-refractivity contribution in [3.8, 4) is 0 Å². The standard InChI is InChI=1S/C56H105O10P/c1-3-5-7-9-11-13-15-17-19-21-23-25-26-28-30-32-34-36-38-40-42-44-46-48-56(60)66-54(50-58)52-64-67(61,62)63-51-53(49-57)65-55(59)47-45-43-41-39-37-35-33-31-29-27-24-22-20-18-16-14-12-10-8-6-4-2/h16,18,21-24,53-54,57-58H,3-15,17,19-20,25-52H2,1-2H3,(H,61,62)/b18-16-,23-21-,24-22-. The minimum Gasteiger partial charge on any atom is -0.457 e. The molecule has 67 heavy (non-hydrogen) atoms. The van der Waals surface area contributed by atoms with Gasteiger partial charge in [-0.2, -0.15) is 0 Å². The second-order valence-electron chi connectivity index (χ2n) is 18.9. The molecular formula is C56H105O10P. The third-order valence-corrected chi connectivity index (χ3v) is 13.3. The number of hydrogen-bond acceptors (Lipinski definition) is 9. The van der Waals surface area contributed by atoms with E-state index in [9.17, 15) is 29.3 Å². The molecule has 394 valence electrons. The molecule has 3 atom stereocenters. The van der Waals surface area contributed by atoms with Crippen LogP contribution in [0.2, 0.25) is 0 Å². The van der Waals surface area contributed by atoms with Gasteiger partial charge in [-0.15, -0.1) is 0 Å². The minimum atomic E-state index is -4.65. The molecule has 3 unspecified atom stereocenters. The molecule has 0 aromatic rings. The second-order valence-corrected chi connectivity index (χ2v) is 20.4. The van der Waals surface area contributed by atoms with Crippen LogP contribution in [0.5, 0.6) is 0 Å². The molecule has 0 bridgehead atoms. The Morgan fingerprint density at radius 3 is 0.940 bits per heavy atom. The van der Waals surface area contributed by atoms with Gasteiger partial charge >= 0.3 is 19.8 Å². The van der Waals surface area contributed by atoms with Gasteiger partial charge in [0, 0.05) is 12.8 Å². The van der Waals surface area contributed by atoms with Crippen molar-refractivity contribution in [1.82, 2.24) is 0 Å². The molecule has 0 aromatic heterocycles. The first-order chi connectivity index (χ1) is 32.8. The third kappa shape index (κ3) is 50.4. The lowest BCUT2D eigenvalue weighted by atomic mass is 10.0. The highest BCUT2D eigenvalue weighted by Crippen LogP contribution is 2.43. The third-order valence-electron chi connectivity index (χ3n) is 12.3. The summed E-state index contributed by atoms with van der Waals surface area (Å²) >= 11 is 0. The van der Waals surface area contributed by atoms with Gasteiger partial charge in [-0.25, -0.2) is 4.57 Å². The van der Waals surface area contributed by atoms with Crippen LogP contribution in [0.4, 0.5) is 0 Å². The molecule has 0 spiro atoms. The molecule has 0 aliphatic heterocycles. The Labute approximate surface area is 411 Å². The van der Waals surface area contributed by atoms with Crippen molar-refractivity contribution in [3.05, 3.63) is 36.5 Å². The molecule has 10 nitrogen and oxygen atoms in total. The largest absolute Gasteiger partial charge is 0.472 e. The molecule has 0 aliphatic rings.